The summed E-state index contributed by atoms with van der Waals surface area (Å²) in [5.41, 5.74) is 0. The maximum atomic E-state index is 12.2. The highest BCUT2D eigenvalue weighted by Crippen LogP contribution is 2.15. The quantitative estimate of drug-likeness (QED) is 0.709. The van der Waals surface area contributed by atoms with Crippen LogP contribution in [0.2, 0.25) is 0 Å². The molecule has 5 nitrogen and oxygen atoms in total. The van der Waals surface area contributed by atoms with E-state index in [9.17, 15) is 9.59 Å². The molecule has 1 aliphatic heterocycles. The van der Waals surface area contributed by atoms with Crippen LogP contribution >= 0.6 is 0 Å². The van der Waals surface area contributed by atoms with Gasteiger partial charge in [0.2, 0.25) is 5.91 Å². The van der Waals surface area contributed by atoms with Crippen LogP contribution in [0.1, 0.15) is 26.2 Å². The van der Waals surface area contributed by atoms with E-state index < -0.39 is 0 Å². The first kappa shape index (κ1) is 14.0. The van der Waals surface area contributed by atoms with Crippen molar-refractivity contribution >= 4 is 11.9 Å². The summed E-state index contributed by atoms with van der Waals surface area (Å²) in [6.45, 7) is 4.47. The Hall–Kier alpha value is -1.10. The largest absolute Gasteiger partial charge is 0.468 e. The Balaban J connectivity index is 2.55. The smallest absolute Gasteiger partial charge is 0.325 e. The van der Waals surface area contributed by atoms with Gasteiger partial charge in [-0.25, -0.2) is 0 Å². The molecule has 1 rings (SSSR count). The number of ether oxygens (including phenoxy) is 1. The molecule has 5 heteroatoms. The van der Waals surface area contributed by atoms with Gasteiger partial charge in [-0.1, -0.05) is 6.92 Å². The van der Waals surface area contributed by atoms with Crippen molar-refractivity contribution in [1.29, 1.82) is 0 Å². The molecular weight excluding hydrogens is 220 g/mol. The average molecular weight is 242 g/mol. The lowest BCUT2D eigenvalue weighted by Crippen LogP contribution is -2.43. The van der Waals surface area contributed by atoms with Gasteiger partial charge < -0.3 is 15.0 Å². The highest BCUT2D eigenvalue weighted by Gasteiger charge is 2.26. The molecule has 1 heterocycles. The molecule has 98 valence electrons. The number of carbonyl (C=O) groups excluding carboxylic acids is 2. The Morgan fingerprint density at radius 3 is 2.53 bits per heavy atom. The number of hydrogen-bond donors (Lipinski definition) is 1. The SMILES string of the molecule is CCCN(CC(=O)OC)C(=O)C1CCNCC1. The first-order valence-corrected chi connectivity index (χ1v) is 6.25. The summed E-state index contributed by atoms with van der Waals surface area (Å²) in [5, 5.41) is 3.23. The minimum atomic E-state index is -0.347. The van der Waals surface area contributed by atoms with E-state index >= 15 is 0 Å². The third-order valence-electron chi connectivity index (χ3n) is 3.04. The van der Waals surface area contributed by atoms with Crippen LogP contribution in [0.4, 0.5) is 0 Å². The molecule has 0 radical (unpaired) electrons. The van der Waals surface area contributed by atoms with E-state index in [-0.39, 0.29) is 24.3 Å². The first-order chi connectivity index (χ1) is 8.19. The Morgan fingerprint density at radius 1 is 1.35 bits per heavy atom. The molecule has 0 unspecified atom stereocenters. The average Bonchev–Trinajstić information content (AvgIpc) is 2.38. The van der Waals surface area contributed by atoms with Crippen LogP contribution in [0, 0.1) is 5.92 Å². The summed E-state index contributed by atoms with van der Waals surface area (Å²) < 4.78 is 4.62. The zero-order valence-corrected chi connectivity index (χ0v) is 10.7. The van der Waals surface area contributed by atoms with Gasteiger partial charge in [-0.15, -0.1) is 0 Å². The van der Waals surface area contributed by atoms with Crippen LogP contribution in [0.25, 0.3) is 0 Å². The van der Waals surface area contributed by atoms with Gasteiger partial charge in [0.1, 0.15) is 6.54 Å². The number of nitrogens with zero attached hydrogens (tertiary/aromatic N) is 1. The molecule has 0 bridgehead atoms. The molecule has 17 heavy (non-hydrogen) atoms. The maximum absolute atomic E-state index is 12.2. The van der Waals surface area contributed by atoms with Gasteiger partial charge in [-0.2, -0.15) is 0 Å². The van der Waals surface area contributed by atoms with Crippen molar-refractivity contribution < 1.29 is 14.3 Å². The minimum Gasteiger partial charge on any atom is -0.468 e. The van der Waals surface area contributed by atoms with Gasteiger partial charge in [0, 0.05) is 12.5 Å². The molecule has 1 saturated heterocycles. The van der Waals surface area contributed by atoms with E-state index in [4.69, 9.17) is 0 Å². The highest BCUT2D eigenvalue weighted by atomic mass is 16.5. The summed E-state index contributed by atoms with van der Waals surface area (Å²) in [6, 6.07) is 0. The van der Waals surface area contributed by atoms with Crippen molar-refractivity contribution in [3.05, 3.63) is 0 Å². The van der Waals surface area contributed by atoms with Gasteiger partial charge >= 0.3 is 5.97 Å². The van der Waals surface area contributed by atoms with Crippen LogP contribution in [0.3, 0.4) is 0 Å². The summed E-state index contributed by atoms with van der Waals surface area (Å²) >= 11 is 0. The van der Waals surface area contributed by atoms with Crippen molar-refractivity contribution in [1.82, 2.24) is 10.2 Å². The third-order valence-corrected chi connectivity index (χ3v) is 3.04. The fourth-order valence-corrected chi connectivity index (χ4v) is 2.08. The van der Waals surface area contributed by atoms with Crippen molar-refractivity contribution in [2.75, 3.05) is 33.3 Å². The van der Waals surface area contributed by atoms with Gasteiger partial charge in [0.25, 0.3) is 0 Å². The molecule has 0 aliphatic carbocycles. The number of esters is 1. The zero-order chi connectivity index (χ0) is 12.7. The van der Waals surface area contributed by atoms with E-state index in [1.54, 1.807) is 4.90 Å². The third kappa shape index (κ3) is 4.34. The molecule has 0 spiro atoms. The lowest BCUT2D eigenvalue weighted by Gasteiger charge is -2.28. The lowest BCUT2D eigenvalue weighted by atomic mass is 9.96. The van der Waals surface area contributed by atoms with Crippen LogP contribution < -0.4 is 5.32 Å². The van der Waals surface area contributed by atoms with Gasteiger partial charge in [-0.05, 0) is 32.4 Å². The van der Waals surface area contributed by atoms with E-state index in [1.165, 1.54) is 7.11 Å². The fourth-order valence-electron chi connectivity index (χ4n) is 2.08. The second kappa shape index (κ2) is 7.27. The van der Waals surface area contributed by atoms with Gasteiger partial charge in [0.15, 0.2) is 0 Å². The zero-order valence-electron chi connectivity index (χ0n) is 10.7. The normalized spacial score (nSPS) is 16.6. The number of rotatable bonds is 5. The number of amides is 1. The lowest BCUT2D eigenvalue weighted by molar-refractivity contribution is -0.148. The summed E-state index contributed by atoms with van der Waals surface area (Å²) in [5.74, 6) is -0.188. The van der Waals surface area contributed by atoms with Crippen LogP contribution in [-0.4, -0.2) is 50.1 Å². The van der Waals surface area contributed by atoms with Crippen LogP contribution in [0.15, 0.2) is 0 Å². The summed E-state index contributed by atoms with van der Waals surface area (Å²) in [7, 11) is 1.35. The highest BCUT2D eigenvalue weighted by molar-refractivity contribution is 5.83. The molecule has 0 aromatic carbocycles. The van der Waals surface area contributed by atoms with E-state index in [2.05, 4.69) is 10.1 Å². The summed E-state index contributed by atoms with van der Waals surface area (Å²) in [4.78, 5) is 25.1. The predicted octanol–water partition coefficient (Wildman–Crippen LogP) is 0.398. The number of methoxy groups -OCH3 is 1. The topological polar surface area (TPSA) is 58.6 Å². The minimum absolute atomic E-state index is 0.0625. The molecule has 0 aromatic rings. The van der Waals surface area contributed by atoms with Crippen LogP contribution in [-0.2, 0) is 14.3 Å². The summed E-state index contributed by atoms with van der Waals surface area (Å²) in [6.07, 6.45) is 2.58. The van der Waals surface area contributed by atoms with E-state index in [1.807, 2.05) is 6.92 Å². The second-order valence-electron chi connectivity index (χ2n) is 4.36. The number of hydrogen-bond acceptors (Lipinski definition) is 4. The van der Waals surface area contributed by atoms with Crippen molar-refractivity contribution in [3.63, 3.8) is 0 Å². The molecular formula is C12H22N2O3. The van der Waals surface area contributed by atoms with Crippen LogP contribution in [0.5, 0.6) is 0 Å². The van der Waals surface area contributed by atoms with E-state index in [0.29, 0.717) is 6.54 Å². The Bertz CT molecular complexity index is 262. The molecule has 1 N–H and O–H groups in total. The van der Waals surface area contributed by atoms with Crippen molar-refractivity contribution in [2.24, 2.45) is 5.92 Å². The number of piperidine rings is 1. The fraction of sp³-hybridized carbons (Fsp3) is 0.833. The Kier molecular flexibility index (Phi) is 5.97. The second-order valence-corrected chi connectivity index (χ2v) is 4.36. The molecule has 0 atom stereocenters. The van der Waals surface area contributed by atoms with Crippen molar-refractivity contribution in [3.8, 4) is 0 Å². The number of nitrogens with one attached hydrogen (secondary N) is 1. The maximum Gasteiger partial charge on any atom is 0.325 e. The molecule has 1 aliphatic rings. The molecule has 0 aromatic heterocycles. The molecule has 0 saturated carbocycles. The standard InChI is InChI=1S/C12H22N2O3/c1-3-8-14(9-11(15)17-2)12(16)10-4-6-13-7-5-10/h10,13H,3-9H2,1-2H3. The molecule has 1 fully saturated rings. The van der Waals surface area contributed by atoms with Gasteiger partial charge in [0.05, 0.1) is 7.11 Å². The monoisotopic (exact) mass is 242 g/mol. The Labute approximate surface area is 102 Å². The predicted molar refractivity (Wildman–Crippen MR) is 64.5 cm³/mol. The first-order valence-electron chi connectivity index (χ1n) is 6.25. The van der Waals surface area contributed by atoms with E-state index in [0.717, 1.165) is 32.4 Å². The molecule has 1 amide bonds. The Morgan fingerprint density at radius 2 is 2.00 bits per heavy atom. The number of carbonyl (C=O) groups is 2. The van der Waals surface area contributed by atoms with Crippen molar-refractivity contribution in [2.45, 2.75) is 26.2 Å². The van der Waals surface area contributed by atoms with Gasteiger partial charge in [-0.3, -0.25) is 9.59 Å².